The van der Waals surface area contributed by atoms with Gasteiger partial charge in [0.15, 0.2) is 0 Å². The maximum Gasteiger partial charge on any atom is 0.345 e. The summed E-state index contributed by atoms with van der Waals surface area (Å²) < 4.78 is 5.37. The molecule has 0 saturated heterocycles. The number of fused-ring (bicyclic) bond motifs is 1. The van der Waals surface area contributed by atoms with E-state index in [-0.39, 0.29) is 5.63 Å². The van der Waals surface area contributed by atoms with Crippen LogP contribution in [-0.4, -0.2) is 11.2 Å². The molecule has 0 atom stereocenters. The lowest BCUT2D eigenvalue weighted by atomic mass is 10.2. The van der Waals surface area contributed by atoms with Crippen molar-refractivity contribution in [2.75, 3.05) is 5.43 Å². The van der Waals surface area contributed by atoms with E-state index in [1.54, 1.807) is 18.5 Å². The van der Waals surface area contributed by atoms with Gasteiger partial charge >= 0.3 is 5.63 Å². The predicted octanol–water partition coefficient (Wildman–Crippen LogP) is 4.36. The quantitative estimate of drug-likeness (QED) is 0.338. The van der Waals surface area contributed by atoms with E-state index in [0.717, 1.165) is 15.8 Å². The molecule has 0 spiro atoms. The summed E-state index contributed by atoms with van der Waals surface area (Å²) in [5.41, 5.74) is 4.57. The van der Waals surface area contributed by atoms with E-state index >= 15 is 0 Å². The summed E-state index contributed by atoms with van der Waals surface area (Å²) in [4.78, 5) is 17.2. The molecule has 4 aromatic rings. The molecule has 0 fully saturated rings. The van der Waals surface area contributed by atoms with Crippen molar-refractivity contribution in [2.24, 2.45) is 5.10 Å². The van der Waals surface area contributed by atoms with Gasteiger partial charge in [0.1, 0.15) is 5.58 Å². The first kappa shape index (κ1) is 15.3. The molecule has 5 nitrogen and oxygen atoms in total. The van der Waals surface area contributed by atoms with Gasteiger partial charge in [-0.1, -0.05) is 59.9 Å². The van der Waals surface area contributed by atoms with Gasteiger partial charge in [-0.05, 0) is 17.7 Å². The molecule has 0 unspecified atom stereocenters. The van der Waals surface area contributed by atoms with Crippen LogP contribution in [0.1, 0.15) is 5.56 Å². The number of benzene rings is 2. The number of aromatic nitrogens is 1. The molecular formula is C19H13N3O2S. The maximum atomic E-state index is 12.2. The van der Waals surface area contributed by atoms with Crippen LogP contribution in [0.5, 0.6) is 0 Å². The third kappa shape index (κ3) is 3.34. The Morgan fingerprint density at radius 3 is 2.76 bits per heavy atom. The smallest absolute Gasteiger partial charge is 0.345 e. The third-order valence-corrected chi connectivity index (χ3v) is 4.52. The van der Waals surface area contributed by atoms with E-state index in [9.17, 15) is 4.79 Å². The van der Waals surface area contributed by atoms with Crippen molar-refractivity contribution >= 4 is 33.7 Å². The van der Waals surface area contributed by atoms with Crippen LogP contribution in [0.3, 0.4) is 0 Å². The molecule has 4 rings (SSSR count). The van der Waals surface area contributed by atoms with E-state index in [1.807, 2.05) is 54.6 Å². The van der Waals surface area contributed by atoms with E-state index in [0.29, 0.717) is 16.3 Å². The van der Waals surface area contributed by atoms with Crippen molar-refractivity contribution in [3.8, 4) is 10.4 Å². The van der Waals surface area contributed by atoms with Crippen LogP contribution in [0.4, 0.5) is 5.13 Å². The molecule has 0 bridgehead atoms. The van der Waals surface area contributed by atoms with E-state index in [2.05, 4.69) is 15.5 Å². The number of nitrogens with one attached hydrogen (secondary N) is 1. The third-order valence-electron chi connectivity index (χ3n) is 3.59. The number of hydrogen-bond donors (Lipinski definition) is 1. The minimum atomic E-state index is -0.373. The summed E-state index contributed by atoms with van der Waals surface area (Å²) in [6, 6.07) is 19.0. The molecule has 0 aliphatic heterocycles. The molecule has 0 aliphatic carbocycles. The fraction of sp³-hybridized carbons (Fsp3) is 0. The standard InChI is InChI=1S/C19H13N3O2S/c23-18-15(10-14-8-4-5-9-16(14)24-18)17-12-20-19(25-17)22-21-11-13-6-2-1-3-7-13/h1-12H,(H,20,22). The minimum absolute atomic E-state index is 0.373. The second-order valence-electron chi connectivity index (χ2n) is 5.30. The van der Waals surface area contributed by atoms with Crippen molar-refractivity contribution in [2.45, 2.75) is 0 Å². The van der Waals surface area contributed by atoms with Gasteiger partial charge in [0, 0.05) is 11.6 Å². The Morgan fingerprint density at radius 1 is 1.08 bits per heavy atom. The molecule has 0 saturated carbocycles. The Hall–Kier alpha value is -3.25. The van der Waals surface area contributed by atoms with Crippen LogP contribution in [0, 0.1) is 0 Å². The Labute approximate surface area is 147 Å². The SMILES string of the molecule is O=c1oc2ccccc2cc1-c1cnc(NN=Cc2ccccc2)s1. The number of hydrazone groups is 1. The fourth-order valence-corrected chi connectivity index (χ4v) is 3.15. The molecule has 1 N–H and O–H groups in total. The van der Waals surface area contributed by atoms with Gasteiger partial charge in [-0.2, -0.15) is 5.10 Å². The summed E-state index contributed by atoms with van der Waals surface area (Å²) >= 11 is 1.35. The highest BCUT2D eigenvalue weighted by Gasteiger charge is 2.11. The topological polar surface area (TPSA) is 67.5 Å². The number of anilines is 1. The van der Waals surface area contributed by atoms with Crippen LogP contribution in [0.25, 0.3) is 21.4 Å². The monoisotopic (exact) mass is 347 g/mol. The van der Waals surface area contributed by atoms with Crippen molar-refractivity contribution in [3.05, 3.63) is 82.8 Å². The molecule has 2 aromatic heterocycles. The Bertz CT molecular complexity index is 1100. The molecule has 122 valence electrons. The summed E-state index contributed by atoms with van der Waals surface area (Å²) in [7, 11) is 0. The molecule has 2 heterocycles. The summed E-state index contributed by atoms with van der Waals surface area (Å²) in [6.45, 7) is 0. The normalized spacial score (nSPS) is 11.2. The number of rotatable bonds is 4. The lowest BCUT2D eigenvalue weighted by Crippen LogP contribution is -2.01. The van der Waals surface area contributed by atoms with Crippen LogP contribution >= 0.6 is 11.3 Å². The lowest BCUT2D eigenvalue weighted by Gasteiger charge is -1.99. The Balaban J connectivity index is 1.58. The first-order valence-electron chi connectivity index (χ1n) is 7.63. The molecular weight excluding hydrogens is 334 g/mol. The maximum absolute atomic E-state index is 12.2. The number of hydrogen-bond acceptors (Lipinski definition) is 6. The van der Waals surface area contributed by atoms with Gasteiger partial charge in [0.2, 0.25) is 5.13 Å². The zero-order chi connectivity index (χ0) is 17.1. The highest BCUT2D eigenvalue weighted by Crippen LogP contribution is 2.28. The zero-order valence-electron chi connectivity index (χ0n) is 13.0. The van der Waals surface area contributed by atoms with Crippen LogP contribution < -0.4 is 11.1 Å². The Kier molecular flexibility index (Phi) is 4.10. The average Bonchev–Trinajstić information content (AvgIpc) is 3.11. The minimum Gasteiger partial charge on any atom is -0.422 e. The van der Waals surface area contributed by atoms with Crippen LogP contribution in [0.15, 0.2) is 81.2 Å². The highest BCUT2D eigenvalue weighted by atomic mass is 32.1. The van der Waals surface area contributed by atoms with Gasteiger partial charge in [0.05, 0.1) is 16.7 Å². The average molecular weight is 347 g/mol. The molecule has 0 aliphatic rings. The van der Waals surface area contributed by atoms with E-state index < -0.39 is 0 Å². The summed E-state index contributed by atoms with van der Waals surface area (Å²) in [5, 5.41) is 5.65. The van der Waals surface area contributed by atoms with E-state index in [4.69, 9.17) is 4.42 Å². The van der Waals surface area contributed by atoms with Gasteiger partial charge in [0.25, 0.3) is 0 Å². The molecule has 2 aromatic carbocycles. The first-order chi connectivity index (χ1) is 12.3. The molecule has 0 radical (unpaired) electrons. The number of nitrogens with zero attached hydrogens (tertiary/aromatic N) is 2. The van der Waals surface area contributed by atoms with Crippen molar-refractivity contribution in [3.63, 3.8) is 0 Å². The van der Waals surface area contributed by atoms with Gasteiger partial charge in [-0.15, -0.1) is 0 Å². The second-order valence-corrected chi connectivity index (χ2v) is 6.33. The second kappa shape index (κ2) is 6.70. The molecule has 25 heavy (non-hydrogen) atoms. The summed E-state index contributed by atoms with van der Waals surface area (Å²) in [5.74, 6) is 0. The first-order valence-corrected chi connectivity index (χ1v) is 8.44. The highest BCUT2D eigenvalue weighted by molar-refractivity contribution is 7.18. The largest absolute Gasteiger partial charge is 0.422 e. The number of para-hydroxylation sites is 1. The molecule has 0 amide bonds. The van der Waals surface area contributed by atoms with E-state index in [1.165, 1.54) is 11.3 Å². The summed E-state index contributed by atoms with van der Waals surface area (Å²) in [6.07, 6.45) is 3.36. The van der Waals surface area contributed by atoms with Crippen molar-refractivity contribution in [1.29, 1.82) is 0 Å². The van der Waals surface area contributed by atoms with Gasteiger partial charge in [-0.3, -0.25) is 5.43 Å². The Morgan fingerprint density at radius 2 is 1.88 bits per heavy atom. The fourth-order valence-electron chi connectivity index (χ4n) is 2.39. The predicted molar refractivity (Wildman–Crippen MR) is 101 cm³/mol. The van der Waals surface area contributed by atoms with Crippen molar-refractivity contribution in [1.82, 2.24) is 4.98 Å². The zero-order valence-corrected chi connectivity index (χ0v) is 13.9. The van der Waals surface area contributed by atoms with Crippen LogP contribution in [0.2, 0.25) is 0 Å². The van der Waals surface area contributed by atoms with Gasteiger partial charge in [-0.25, -0.2) is 9.78 Å². The van der Waals surface area contributed by atoms with Gasteiger partial charge < -0.3 is 4.42 Å². The molecule has 6 heteroatoms. The number of thiazole rings is 1. The van der Waals surface area contributed by atoms with Crippen LogP contribution in [-0.2, 0) is 0 Å². The van der Waals surface area contributed by atoms with Crippen molar-refractivity contribution < 1.29 is 4.42 Å². The lowest BCUT2D eigenvalue weighted by molar-refractivity contribution is 0.563.